The quantitative estimate of drug-likeness (QED) is 0.273. The largest absolute Gasteiger partial charge is 0.393 e. The fourth-order valence-corrected chi connectivity index (χ4v) is 0.0935. The Hall–Kier alpha value is -0.240. The normalized spacial score (nSPS) is 19.4. The van der Waals surface area contributed by atoms with Crippen LogP contribution in [0, 0.1) is 0 Å². The zero-order valence-electron chi connectivity index (χ0n) is 8.01. The highest BCUT2D eigenvalue weighted by Gasteiger charge is 2.25. The van der Waals surface area contributed by atoms with Gasteiger partial charge in [0.05, 0.1) is 12.7 Å². The molecule has 0 aromatic rings. The van der Waals surface area contributed by atoms with Crippen LogP contribution in [0.1, 0.15) is 13.8 Å². The maximum absolute atomic E-state index is 8.78. The van der Waals surface area contributed by atoms with Gasteiger partial charge in [0.15, 0.2) is 0 Å². The second-order valence-electron chi connectivity index (χ2n) is 3.04. The van der Waals surface area contributed by atoms with Crippen molar-refractivity contribution in [2.75, 3.05) is 13.2 Å². The van der Waals surface area contributed by atoms with Gasteiger partial charge in [-0.15, -0.1) is 0 Å². The summed E-state index contributed by atoms with van der Waals surface area (Å²) in [5, 5.41) is 33.7. The van der Waals surface area contributed by atoms with Crippen LogP contribution in [0.2, 0.25) is 0 Å². The summed E-state index contributed by atoms with van der Waals surface area (Å²) in [4.78, 5) is 0. The smallest absolute Gasteiger partial charge is 0.133 e. The van der Waals surface area contributed by atoms with Crippen LogP contribution >= 0.6 is 0 Å². The van der Waals surface area contributed by atoms with E-state index in [0.717, 1.165) is 0 Å². The molecule has 3 unspecified atom stereocenters. The molecule has 0 aliphatic rings. The standard InChI is InChI=1S/C4H11NO3.C3H9NO/c1-4(8,2-6)3(5)7;1-3(5)2-4/h3,6-8H,2,5H2,1H3;3,5H,2,4H2,1H3. The van der Waals surface area contributed by atoms with Crippen LogP contribution in [0.25, 0.3) is 0 Å². The van der Waals surface area contributed by atoms with Crippen LogP contribution in [-0.2, 0) is 0 Å². The third-order valence-electron chi connectivity index (χ3n) is 1.30. The van der Waals surface area contributed by atoms with E-state index in [4.69, 9.17) is 31.9 Å². The van der Waals surface area contributed by atoms with Crippen molar-refractivity contribution in [3.8, 4) is 0 Å². The fraction of sp³-hybridized carbons (Fsp3) is 1.00. The Balaban J connectivity index is 0. The van der Waals surface area contributed by atoms with Gasteiger partial charge in [-0.3, -0.25) is 0 Å². The van der Waals surface area contributed by atoms with Crippen LogP contribution in [0.3, 0.4) is 0 Å². The van der Waals surface area contributed by atoms with E-state index < -0.39 is 18.4 Å². The highest BCUT2D eigenvalue weighted by Crippen LogP contribution is 2.02. The van der Waals surface area contributed by atoms with Crippen LogP contribution in [-0.4, -0.2) is 51.5 Å². The van der Waals surface area contributed by atoms with Crippen molar-refractivity contribution in [2.45, 2.75) is 31.8 Å². The van der Waals surface area contributed by atoms with E-state index in [2.05, 4.69) is 0 Å². The van der Waals surface area contributed by atoms with Crippen molar-refractivity contribution in [1.29, 1.82) is 0 Å². The first-order chi connectivity index (χ1) is 5.77. The molecule has 3 atom stereocenters. The maximum atomic E-state index is 8.78. The van der Waals surface area contributed by atoms with Crippen LogP contribution in [0.15, 0.2) is 0 Å². The molecule has 0 heterocycles. The first-order valence-corrected chi connectivity index (χ1v) is 3.93. The second kappa shape index (κ2) is 7.19. The van der Waals surface area contributed by atoms with Gasteiger partial charge in [0.2, 0.25) is 0 Å². The third-order valence-corrected chi connectivity index (χ3v) is 1.30. The predicted molar refractivity (Wildman–Crippen MR) is 48.6 cm³/mol. The molecule has 0 amide bonds. The van der Waals surface area contributed by atoms with Crippen LogP contribution < -0.4 is 11.5 Å². The van der Waals surface area contributed by atoms with Gasteiger partial charge in [-0.25, -0.2) is 0 Å². The molecule has 0 aromatic heterocycles. The molecular formula is C7H20N2O4. The summed E-state index contributed by atoms with van der Waals surface area (Å²) in [5.41, 5.74) is 8.18. The second-order valence-corrected chi connectivity index (χ2v) is 3.04. The number of nitrogens with two attached hydrogens (primary N) is 2. The molecule has 6 nitrogen and oxygen atoms in total. The monoisotopic (exact) mass is 196 g/mol. The van der Waals surface area contributed by atoms with Crippen molar-refractivity contribution in [3.05, 3.63) is 0 Å². The molecule has 0 radical (unpaired) electrons. The van der Waals surface area contributed by atoms with E-state index >= 15 is 0 Å². The van der Waals surface area contributed by atoms with Crippen molar-refractivity contribution >= 4 is 0 Å². The van der Waals surface area contributed by atoms with E-state index in [1.54, 1.807) is 6.92 Å². The SMILES string of the molecule is CC(O)(CO)C(N)O.CC(O)CN. The van der Waals surface area contributed by atoms with Crippen molar-refractivity contribution < 1.29 is 20.4 Å². The van der Waals surface area contributed by atoms with Crippen LogP contribution in [0.5, 0.6) is 0 Å². The van der Waals surface area contributed by atoms with Crippen molar-refractivity contribution in [2.24, 2.45) is 11.5 Å². The molecule has 0 saturated carbocycles. The average molecular weight is 196 g/mol. The lowest BCUT2D eigenvalue weighted by atomic mass is 10.1. The van der Waals surface area contributed by atoms with Gasteiger partial charge < -0.3 is 31.9 Å². The minimum atomic E-state index is -1.57. The molecule has 0 aliphatic carbocycles. The number of aliphatic hydroxyl groups is 4. The van der Waals surface area contributed by atoms with E-state index in [9.17, 15) is 0 Å². The van der Waals surface area contributed by atoms with Gasteiger partial charge in [-0.2, -0.15) is 0 Å². The molecule has 0 rings (SSSR count). The molecule has 82 valence electrons. The van der Waals surface area contributed by atoms with E-state index in [1.165, 1.54) is 6.92 Å². The average Bonchev–Trinajstić information content (AvgIpc) is 2.05. The number of rotatable bonds is 3. The Bertz CT molecular complexity index is 117. The van der Waals surface area contributed by atoms with Gasteiger partial charge >= 0.3 is 0 Å². The molecular weight excluding hydrogens is 176 g/mol. The molecule has 0 aliphatic heterocycles. The Morgan fingerprint density at radius 1 is 1.38 bits per heavy atom. The molecule has 0 fully saturated rings. The highest BCUT2D eigenvalue weighted by molar-refractivity contribution is 4.75. The summed E-state index contributed by atoms with van der Waals surface area (Å²) in [6, 6.07) is 0. The summed E-state index contributed by atoms with van der Waals surface area (Å²) in [6.07, 6.45) is -1.72. The molecule has 13 heavy (non-hydrogen) atoms. The Morgan fingerprint density at radius 2 is 1.69 bits per heavy atom. The van der Waals surface area contributed by atoms with E-state index in [0.29, 0.717) is 6.54 Å². The molecule has 8 N–H and O–H groups in total. The first-order valence-electron chi connectivity index (χ1n) is 3.93. The zero-order chi connectivity index (χ0) is 11.1. The minimum absolute atomic E-state index is 0.338. The highest BCUT2D eigenvalue weighted by atomic mass is 16.4. The lowest BCUT2D eigenvalue weighted by Crippen LogP contribution is -2.48. The van der Waals surface area contributed by atoms with Gasteiger partial charge in [0.25, 0.3) is 0 Å². The molecule has 6 heteroatoms. The van der Waals surface area contributed by atoms with Gasteiger partial charge in [-0.1, -0.05) is 0 Å². The Morgan fingerprint density at radius 3 is 1.69 bits per heavy atom. The molecule has 0 saturated heterocycles. The zero-order valence-corrected chi connectivity index (χ0v) is 8.01. The van der Waals surface area contributed by atoms with E-state index in [1.807, 2.05) is 0 Å². The molecule has 0 spiro atoms. The van der Waals surface area contributed by atoms with Crippen LogP contribution in [0.4, 0.5) is 0 Å². The Kier molecular flexibility index (Phi) is 8.43. The fourth-order valence-electron chi connectivity index (χ4n) is 0.0935. The number of hydrogen-bond acceptors (Lipinski definition) is 6. The lowest BCUT2D eigenvalue weighted by Gasteiger charge is -2.22. The predicted octanol–water partition coefficient (Wildman–Crippen LogP) is -2.67. The third kappa shape index (κ3) is 9.68. The van der Waals surface area contributed by atoms with Gasteiger partial charge in [0, 0.05) is 6.54 Å². The molecule has 0 bridgehead atoms. The summed E-state index contributed by atoms with van der Waals surface area (Å²) >= 11 is 0. The van der Waals surface area contributed by atoms with Gasteiger partial charge in [-0.05, 0) is 13.8 Å². The minimum Gasteiger partial charge on any atom is -0.393 e. The topological polar surface area (TPSA) is 133 Å². The summed E-state index contributed by atoms with van der Waals surface area (Å²) in [7, 11) is 0. The van der Waals surface area contributed by atoms with Crippen molar-refractivity contribution in [1.82, 2.24) is 0 Å². The summed E-state index contributed by atoms with van der Waals surface area (Å²) in [6.45, 7) is 2.72. The summed E-state index contributed by atoms with van der Waals surface area (Å²) < 4.78 is 0. The van der Waals surface area contributed by atoms with E-state index in [-0.39, 0.29) is 6.10 Å². The lowest BCUT2D eigenvalue weighted by molar-refractivity contribution is -0.0890. The Labute approximate surface area is 77.8 Å². The number of aliphatic hydroxyl groups excluding tert-OH is 3. The number of hydrogen-bond donors (Lipinski definition) is 6. The first kappa shape index (κ1) is 15.2. The molecule has 0 aromatic carbocycles. The van der Waals surface area contributed by atoms with Gasteiger partial charge in [0.1, 0.15) is 11.8 Å². The maximum Gasteiger partial charge on any atom is 0.133 e. The van der Waals surface area contributed by atoms with Crippen molar-refractivity contribution in [3.63, 3.8) is 0 Å². The summed E-state index contributed by atoms with van der Waals surface area (Å²) in [5.74, 6) is 0.